The van der Waals surface area contributed by atoms with E-state index in [1.54, 1.807) is 0 Å². The molecule has 1 fully saturated rings. The fourth-order valence-corrected chi connectivity index (χ4v) is 2.87. The van der Waals surface area contributed by atoms with Crippen LogP contribution in [0.5, 0.6) is 5.75 Å². The Bertz CT molecular complexity index is 813. The van der Waals surface area contributed by atoms with Gasteiger partial charge in [0.1, 0.15) is 11.6 Å². The van der Waals surface area contributed by atoms with Crippen LogP contribution in [0.3, 0.4) is 0 Å². The molecule has 2 aromatic rings. The molecule has 3 atom stereocenters. The van der Waals surface area contributed by atoms with Gasteiger partial charge in [0.15, 0.2) is 5.75 Å². The smallest absolute Gasteiger partial charge is 0.429 e. The number of rotatable bonds is 5. The van der Waals surface area contributed by atoms with Crippen molar-refractivity contribution in [1.29, 1.82) is 0 Å². The molecule has 1 aromatic heterocycles. The van der Waals surface area contributed by atoms with Crippen molar-refractivity contribution < 1.29 is 27.1 Å². The van der Waals surface area contributed by atoms with Crippen molar-refractivity contribution in [3.8, 4) is 5.75 Å². The Kier molecular flexibility index (Phi) is 5.26. The highest BCUT2D eigenvalue weighted by atomic mass is 19.4. The van der Waals surface area contributed by atoms with Gasteiger partial charge in [0.05, 0.1) is 24.5 Å². The van der Waals surface area contributed by atoms with Crippen LogP contribution in [0.4, 0.5) is 17.6 Å². The van der Waals surface area contributed by atoms with Crippen molar-refractivity contribution in [3.63, 3.8) is 0 Å². The van der Waals surface area contributed by atoms with Gasteiger partial charge in [-0.3, -0.25) is 10.1 Å². The fourth-order valence-electron chi connectivity index (χ4n) is 2.87. The third kappa shape index (κ3) is 4.33. The maximum absolute atomic E-state index is 13.8. The number of ether oxygens (including phenoxy) is 1. The van der Waals surface area contributed by atoms with Crippen LogP contribution in [0.1, 0.15) is 36.4 Å². The first-order valence-electron chi connectivity index (χ1n) is 8.11. The second-order valence-corrected chi connectivity index (χ2v) is 6.09. The van der Waals surface area contributed by atoms with E-state index in [9.17, 15) is 22.4 Å². The van der Waals surface area contributed by atoms with Crippen LogP contribution in [0.15, 0.2) is 36.7 Å². The molecule has 1 aliphatic heterocycles. The lowest BCUT2D eigenvalue weighted by Gasteiger charge is -2.22. The molecule has 0 bridgehead atoms. The molecule has 27 heavy (non-hydrogen) atoms. The van der Waals surface area contributed by atoms with Crippen molar-refractivity contribution in [1.82, 2.24) is 15.3 Å². The summed E-state index contributed by atoms with van der Waals surface area (Å²) in [5.74, 6) is -1.46. The Hall–Kier alpha value is -2.75. The van der Waals surface area contributed by atoms with E-state index in [0.29, 0.717) is 18.7 Å². The van der Waals surface area contributed by atoms with Gasteiger partial charge in [-0.1, -0.05) is 18.2 Å². The summed E-state index contributed by atoms with van der Waals surface area (Å²) in [5, 5.41) is 2.95. The topological polar surface area (TPSA) is 90.1 Å². The normalized spacial score (nSPS) is 21.0. The van der Waals surface area contributed by atoms with E-state index in [4.69, 9.17) is 10.5 Å². The van der Waals surface area contributed by atoms with E-state index in [1.807, 2.05) is 0 Å². The largest absolute Gasteiger partial charge is 0.473 e. The maximum Gasteiger partial charge on any atom is 0.429 e. The minimum absolute atomic E-state index is 0.256. The molecule has 144 valence electrons. The highest BCUT2D eigenvalue weighted by Crippen LogP contribution is 2.37. The molecule has 1 aliphatic rings. The molecule has 0 saturated carbocycles. The minimum Gasteiger partial charge on any atom is -0.473 e. The zero-order valence-electron chi connectivity index (χ0n) is 13.9. The number of nitrogens with two attached hydrogens (primary N) is 1. The molecular formula is C17H16F4N4O2. The molecule has 0 spiro atoms. The molecule has 6 nitrogen and oxygen atoms in total. The lowest BCUT2D eigenvalue weighted by Crippen LogP contribution is -2.37. The van der Waals surface area contributed by atoms with Crippen molar-refractivity contribution in [2.45, 2.75) is 37.2 Å². The van der Waals surface area contributed by atoms with E-state index >= 15 is 0 Å². The number of benzene rings is 1. The Morgan fingerprint density at radius 2 is 1.89 bits per heavy atom. The molecule has 3 N–H and O–H groups in total. The molecule has 2 heterocycles. The number of amides is 1. The van der Waals surface area contributed by atoms with Crippen LogP contribution in [-0.2, 0) is 4.79 Å². The summed E-state index contributed by atoms with van der Waals surface area (Å²) in [5.41, 5.74) is 4.60. The third-order valence-electron chi connectivity index (χ3n) is 4.19. The first kappa shape index (κ1) is 19.0. The second kappa shape index (κ2) is 7.47. The van der Waals surface area contributed by atoms with Gasteiger partial charge in [0.2, 0.25) is 12.0 Å². The van der Waals surface area contributed by atoms with Gasteiger partial charge < -0.3 is 10.5 Å². The van der Waals surface area contributed by atoms with E-state index in [-0.39, 0.29) is 11.8 Å². The van der Waals surface area contributed by atoms with Crippen LogP contribution >= 0.6 is 0 Å². The number of carbonyl (C=O) groups is 1. The molecule has 1 amide bonds. The Morgan fingerprint density at radius 1 is 1.22 bits per heavy atom. The van der Waals surface area contributed by atoms with Crippen LogP contribution < -0.4 is 15.8 Å². The number of primary amides is 1. The monoisotopic (exact) mass is 384 g/mol. The molecular weight excluding hydrogens is 368 g/mol. The number of carbonyl (C=O) groups excluding carboxylic acids is 1. The van der Waals surface area contributed by atoms with Crippen LogP contribution in [-0.4, -0.2) is 28.1 Å². The van der Waals surface area contributed by atoms with Gasteiger partial charge in [0, 0.05) is 5.56 Å². The fraction of sp³-hybridized carbons (Fsp3) is 0.353. The number of halogens is 4. The summed E-state index contributed by atoms with van der Waals surface area (Å²) >= 11 is 0. The molecule has 3 unspecified atom stereocenters. The highest BCUT2D eigenvalue weighted by molar-refractivity contribution is 5.80. The standard InChI is InChI=1S/C17H16F4N4O2/c18-11-4-2-1-3-10(11)14(17(19,20)21)27-9-7-23-16(24-8-9)13-6-5-12(25-13)15(22)26/h1-4,7-8,12-14,25H,5-6H2,(H2,22,26). The highest BCUT2D eigenvalue weighted by Gasteiger charge is 2.44. The Balaban J connectivity index is 1.76. The third-order valence-corrected chi connectivity index (χ3v) is 4.19. The van der Waals surface area contributed by atoms with Gasteiger partial charge in [0.25, 0.3) is 0 Å². The first-order chi connectivity index (χ1) is 12.8. The number of hydrogen-bond acceptors (Lipinski definition) is 5. The van der Waals surface area contributed by atoms with E-state index < -0.39 is 35.6 Å². The number of nitrogens with one attached hydrogen (secondary N) is 1. The lowest BCUT2D eigenvalue weighted by molar-refractivity contribution is -0.198. The van der Waals surface area contributed by atoms with Gasteiger partial charge in [-0.2, -0.15) is 13.2 Å². The molecule has 1 aromatic carbocycles. The van der Waals surface area contributed by atoms with E-state index in [0.717, 1.165) is 24.5 Å². The summed E-state index contributed by atoms with van der Waals surface area (Å²) in [7, 11) is 0. The zero-order chi connectivity index (χ0) is 19.6. The SMILES string of the molecule is NC(=O)C1CCC(c2ncc(OC(c3ccccc3F)C(F)(F)F)cn2)N1. The van der Waals surface area contributed by atoms with Gasteiger partial charge in [-0.25, -0.2) is 14.4 Å². The maximum atomic E-state index is 13.8. The van der Waals surface area contributed by atoms with Crippen molar-refractivity contribution in [2.24, 2.45) is 5.73 Å². The summed E-state index contributed by atoms with van der Waals surface area (Å²) in [6.45, 7) is 0. The molecule has 1 saturated heterocycles. The van der Waals surface area contributed by atoms with Crippen LogP contribution in [0.2, 0.25) is 0 Å². The van der Waals surface area contributed by atoms with E-state index in [2.05, 4.69) is 15.3 Å². The quantitative estimate of drug-likeness (QED) is 0.774. The predicted octanol–water partition coefficient (Wildman–Crippen LogP) is 2.58. The molecule has 0 radical (unpaired) electrons. The van der Waals surface area contributed by atoms with Crippen LogP contribution in [0.25, 0.3) is 0 Å². The van der Waals surface area contributed by atoms with E-state index in [1.165, 1.54) is 12.1 Å². The van der Waals surface area contributed by atoms with Gasteiger partial charge >= 0.3 is 6.18 Å². The Morgan fingerprint density at radius 3 is 2.44 bits per heavy atom. The summed E-state index contributed by atoms with van der Waals surface area (Å²) in [6, 6.07) is 3.69. The number of alkyl halides is 3. The lowest BCUT2D eigenvalue weighted by atomic mass is 10.1. The van der Waals surface area contributed by atoms with Gasteiger partial charge in [-0.05, 0) is 18.9 Å². The first-order valence-corrected chi connectivity index (χ1v) is 8.11. The number of nitrogens with zero attached hydrogens (tertiary/aromatic N) is 2. The second-order valence-electron chi connectivity index (χ2n) is 6.09. The Labute approximate surface area is 151 Å². The van der Waals surface area contributed by atoms with Crippen molar-refractivity contribution in [2.75, 3.05) is 0 Å². The molecule has 0 aliphatic carbocycles. The number of hydrogen-bond donors (Lipinski definition) is 2. The molecule has 10 heteroatoms. The van der Waals surface area contributed by atoms with Crippen molar-refractivity contribution >= 4 is 5.91 Å². The zero-order valence-corrected chi connectivity index (χ0v) is 13.9. The summed E-state index contributed by atoms with van der Waals surface area (Å²) < 4.78 is 58.7. The summed E-state index contributed by atoms with van der Waals surface area (Å²) in [6.07, 6.45) is -4.07. The average Bonchev–Trinajstić information content (AvgIpc) is 3.10. The summed E-state index contributed by atoms with van der Waals surface area (Å²) in [4.78, 5) is 19.2. The van der Waals surface area contributed by atoms with Crippen LogP contribution in [0, 0.1) is 5.82 Å². The van der Waals surface area contributed by atoms with Gasteiger partial charge in [-0.15, -0.1) is 0 Å². The predicted molar refractivity (Wildman–Crippen MR) is 85.9 cm³/mol. The number of aromatic nitrogens is 2. The minimum atomic E-state index is -4.83. The molecule has 3 rings (SSSR count). The average molecular weight is 384 g/mol. The van der Waals surface area contributed by atoms with Crippen molar-refractivity contribution in [3.05, 3.63) is 53.9 Å².